The molecule has 0 aliphatic rings. The lowest BCUT2D eigenvalue weighted by Gasteiger charge is -1.99. The Balaban J connectivity index is 1.64. The van der Waals surface area contributed by atoms with Crippen LogP contribution in [0.25, 0.3) is 22.1 Å². The normalized spacial score (nSPS) is 11.6. The second-order valence-electron chi connectivity index (χ2n) is 5.31. The van der Waals surface area contributed by atoms with Crippen LogP contribution in [-0.2, 0) is 7.05 Å². The lowest BCUT2D eigenvalue weighted by molar-refractivity contribution is 0.949. The quantitative estimate of drug-likeness (QED) is 0.458. The maximum atomic E-state index is 5.85. The predicted molar refractivity (Wildman–Crippen MR) is 96.5 cm³/mol. The molecule has 0 unspecified atom stereocenters. The van der Waals surface area contributed by atoms with Gasteiger partial charge in [-0.15, -0.1) is 10.2 Å². The third kappa shape index (κ3) is 2.57. The minimum Gasteiger partial charge on any atom is -0.327 e. The van der Waals surface area contributed by atoms with E-state index in [2.05, 4.69) is 25.7 Å². The van der Waals surface area contributed by atoms with Crippen LogP contribution in [0.1, 0.15) is 5.56 Å². The fourth-order valence-corrected chi connectivity index (χ4v) is 2.69. The highest BCUT2D eigenvalue weighted by molar-refractivity contribution is 6.30. The van der Waals surface area contributed by atoms with Gasteiger partial charge < -0.3 is 4.57 Å². The third-order valence-electron chi connectivity index (χ3n) is 3.75. The van der Waals surface area contributed by atoms with E-state index in [1.165, 1.54) is 0 Å². The molecule has 0 radical (unpaired) electrons. The highest BCUT2D eigenvalue weighted by Crippen LogP contribution is 2.24. The Bertz CT molecular complexity index is 1050. The number of rotatable bonds is 3. The van der Waals surface area contributed by atoms with Gasteiger partial charge in [-0.05, 0) is 23.8 Å². The number of anilines is 1. The van der Waals surface area contributed by atoms with Crippen LogP contribution in [0.5, 0.6) is 0 Å². The molecule has 7 heteroatoms. The zero-order chi connectivity index (χ0) is 16.5. The van der Waals surface area contributed by atoms with Gasteiger partial charge in [-0.1, -0.05) is 41.9 Å². The molecule has 118 valence electrons. The van der Waals surface area contributed by atoms with E-state index < -0.39 is 0 Å². The first kappa shape index (κ1) is 14.6. The van der Waals surface area contributed by atoms with Crippen molar-refractivity contribution in [2.45, 2.75) is 0 Å². The van der Waals surface area contributed by atoms with Gasteiger partial charge in [0.25, 0.3) is 5.95 Å². The van der Waals surface area contributed by atoms with Gasteiger partial charge in [0.1, 0.15) is 5.52 Å². The van der Waals surface area contributed by atoms with E-state index in [1.54, 1.807) is 6.21 Å². The molecule has 4 aromatic rings. The van der Waals surface area contributed by atoms with Crippen molar-refractivity contribution in [3.63, 3.8) is 0 Å². The molecule has 6 nitrogen and oxygen atoms in total. The average Bonchev–Trinajstić information content (AvgIpc) is 2.90. The third-order valence-corrected chi connectivity index (χ3v) is 4.01. The van der Waals surface area contributed by atoms with Gasteiger partial charge in [0.15, 0.2) is 5.65 Å². The largest absolute Gasteiger partial charge is 0.327 e. The fraction of sp³-hybridized carbons (Fsp3) is 0.0588. The molecule has 4 rings (SSSR count). The summed E-state index contributed by atoms with van der Waals surface area (Å²) < 4.78 is 1.99. The van der Waals surface area contributed by atoms with Crippen LogP contribution >= 0.6 is 11.6 Å². The molecule has 0 saturated heterocycles. The molecule has 0 atom stereocenters. The van der Waals surface area contributed by atoms with Gasteiger partial charge >= 0.3 is 0 Å². The van der Waals surface area contributed by atoms with E-state index in [9.17, 15) is 0 Å². The van der Waals surface area contributed by atoms with Crippen molar-refractivity contribution in [2.24, 2.45) is 12.1 Å². The van der Waals surface area contributed by atoms with Crippen molar-refractivity contribution in [3.05, 3.63) is 59.1 Å². The maximum absolute atomic E-state index is 5.85. The molecule has 24 heavy (non-hydrogen) atoms. The zero-order valence-electron chi connectivity index (χ0n) is 12.8. The summed E-state index contributed by atoms with van der Waals surface area (Å²) >= 11 is 5.85. The first-order valence-corrected chi connectivity index (χ1v) is 7.72. The summed E-state index contributed by atoms with van der Waals surface area (Å²) in [5.41, 5.74) is 6.34. The molecular weight excluding hydrogens is 324 g/mol. The van der Waals surface area contributed by atoms with Crippen molar-refractivity contribution in [3.8, 4) is 0 Å². The Labute approximate surface area is 142 Å². The number of benzene rings is 2. The van der Waals surface area contributed by atoms with Crippen molar-refractivity contribution in [1.82, 2.24) is 19.7 Å². The summed E-state index contributed by atoms with van der Waals surface area (Å²) in [4.78, 5) is 4.50. The maximum Gasteiger partial charge on any atom is 0.265 e. The van der Waals surface area contributed by atoms with E-state index in [1.807, 2.05) is 60.1 Å². The Kier molecular flexibility index (Phi) is 3.59. The van der Waals surface area contributed by atoms with Gasteiger partial charge in [0, 0.05) is 17.5 Å². The zero-order valence-corrected chi connectivity index (χ0v) is 13.6. The number of halogens is 1. The van der Waals surface area contributed by atoms with Gasteiger partial charge in [-0.2, -0.15) is 10.1 Å². The van der Waals surface area contributed by atoms with Crippen LogP contribution in [0.2, 0.25) is 5.02 Å². The Morgan fingerprint density at radius 1 is 1.08 bits per heavy atom. The molecule has 0 spiro atoms. The van der Waals surface area contributed by atoms with E-state index in [0.29, 0.717) is 11.0 Å². The van der Waals surface area contributed by atoms with E-state index in [-0.39, 0.29) is 0 Å². The molecule has 0 amide bonds. The van der Waals surface area contributed by atoms with Crippen molar-refractivity contribution in [1.29, 1.82) is 0 Å². The lowest BCUT2D eigenvalue weighted by atomic mass is 10.2. The minimum atomic E-state index is 0.346. The minimum absolute atomic E-state index is 0.346. The van der Waals surface area contributed by atoms with Crippen LogP contribution < -0.4 is 5.43 Å². The van der Waals surface area contributed by atoms with Gasteiger partial charge in [-0.25, -0.2) is 5.43 Å². The smallest absolute Gasteiger partial charge is 0.265 e. The van der Waals surface area contributed by atoms with Crippen LogP contribution in [0.15, 0.2) is 53.6 Å². The standard InChI is InChI=1S/C17H13ClN6/c1-24-14-5-3-2-4-13(14)15-16(24)20-17(23-21-15)22-19-10-11-6-8-12(18)9-7-11/h2-10H,1H3,(H,20,22,23)/b19-10+. The molecule has 2 aromatic carbocycles. The molecule has 0 aliphatic heterocycles. The number of fused-ring (bicyclic) bond motifs is 3. The van der Waals surface area contributed by atoms with E-state index in [0.717, 1.165) is 27.6 Å². The number of nitrogens with zero attached hydrogens (tertiary/aromatic N) is 5. The Hall–Kier alpha value is -2.99. The summed E-state index contributed by atoms with van der Waals surface area (Å²) in [6, 6.07) is 15.4. The Morgan fingerprint density at radius 3 is 2.71 bits per heavy atom. The van der Waals surface area contributed by atoms with Crippen LogP contribution in [0, 0.1) is 0 Å². The molecule has 0 aliphatic carbocycles. The summed E-state index contributed by atoms with van der Waals surface area (Å²) in [5, 5.41) is 14.2. The number of aromatic nitrogens is 4. The van der Waals surface area contributed by atoms with Gasteiger partial charge in [0.05, 0.1) is 11.7 Å². The Morgan fingerprint density at radius 2 is 1.88 bits per heavy atom. The summed E-state index contributed by atoms with van der Waals surface area (Å²) in [6.45, 7) is 0. The van der Waals surface area contributed by atoms with Crippen molar-refractivity contribution in [2.75, 3.05) is 5.43 Å². The molecule has 0 bridgehead atoms. The fourth-order valence-electron chi connectivity index (χ4n) is 2.57. The summed E-state index contributed by atoms with van der Waals surface area (Å²) in [5.74, 6) is 0.346. The molecular formula is C17H13ClN6. The highest BCUT2D eigenvalue weighted by atomic mass is 35.5. The second-order valence-corrected chi connectivity index (χ2v) is 5.74. The topological polar surface area (TPSA) is 68.0 Å². The highest BCUT2D eigenvalue weighted by Gasteiger charge is 2.11. The monoisotopic (exact) mass is 336 g/mol. The van der Waals surface area contributed by atoms with Crippen molar-refractivity contribution < 1.29 is 0 Å². The first-order chi connectivity index (χ1) is 11.7. The molecule has 2 aromatic heterocycles. The molecule has 1 N–H and O–H groups in total. The van der Waals surface area contributed by atoms with Crippen LogP contribution in [0.4, 0.5) is 5.95 Å². The first-order valence-electron chi connectivity index (χ1n) is 7.35. The predicted octanol–water partition coefficient (Wildman–Crippen LogP) is 3.62. The number of nitrogens with one attached hydrogen (secondary N) is 1. The van der Waals surface area contributed by atoms with Crippen LogP contribution in [0.3, 0.4) is 0 Å². The SMILES string of the molecule is Cn1c2ccccc2c2nnc(N/N=C/c3ccc(Cl)cc3)nc21. The summed E-state index contributed by atoms with van der Waals surface area (Å²) in [7, 11) is 1.96. The summed E-state index contributed by atoms with van der Waals surface area (Å²) in [6.07, 6.45) is 1.67. The van der Waals surface area contributed by atoms with E-state index >= 15 is 0 Å². The molecule has 0 fully saturated rings. The van der Waals surface area contributed by atoms with E-state index in [4.69, 9.17) is 11.6 Å². The molecule has 0 saturated carbocycles. The van der Waals surface area contributed by atoms with Crippen LogP contribution in [-0.4, -0.2) is 26.0 Å². The number of para-hydroxylation sites is 1. The van der Waals surface area contributed by atoms with Gasteiger partial charge in [0.2, 0.25) is 0 Å². The second kappa shape index (κ2) is 5.90. The van der Waals surface area contributed by atoms with Gasteiger partial charge in [-0.3, -0.25) is 0 Å². The number of hydrogen-bond donors (Lipinski definition) is 1. The number of aryl methyl sites for hydroxylation is 1. The number of hydrogen-bond acceptors (Lipinski definition) is 5. The number of hydrazone groups is 1. The van der Waals surface area contributed by atoms with Crippen molar-refractivity contribution >= 4 is 45.8 Å². The average molecular weight is 337 g/mol. The lowest BCUT2D eigenvalue weighted by Crippen LogP contribution is -2.00. The molecule has 2 heterocycles.